The van der Waals surface area contributed by atoms with E-state index in [1.54, 1.807) is 28.9 Å². The SMILES string of the molecule is COC(O)c1cn2nc(-c3ccc(F)cc3)cc(Br)c2n1. The van der Waals surface area contributed by atoms with Crippen LogP contribution in [0.2, 0.25) is 0 Å². The van der Waals surface area contributed by atoms with Gasteiger partial charge in [0.05, 0.1) is 16.4 Å². The van der Waals surface area contributed by atoms with Crippen molar-refractivity contribution in [3.8, 4) is 11.3 Å². The standard InChI is InChI=1S/C14H11BrFN3O2/c1-21-14(20)12-7-19-13(17-12)10(15)6-11(18-19)8-2-4-9(16)5-3-8/h2-7,14,20H,1H3. The average molecular weight is 352 g/mol. The van der Waals surface area contributed by atoms with Crippen LogP contribution in [0.25, 0.3) is 16.9 Å². The normalized spacial score (nSPS) is 12.8. The summed E-state index contributed by atoms with van der Waals surface area (Å²) in [7, 11) is 1.39. The Morgan fingerprint density at radius 2 is 2.05 bits per heavy atom. The lowest BCUT2D eigenvalue weighted by atomic mass is 10.1. The first-order valence-electron chi connectivity index (χ1n) is 6.11. The molecule has 0 aliphatic rings. The number of halogens is 2. The molecule has 3 aromatic rings. The summed E-state index contributed by atoms with van der Waals surface area (Å²) in [6, 6.07) is 7.85. The van der Waals surface area contributed by atoms with Crippen molar-refractivity contribution in [2.45, 2.75) is 6.29 Å². The summed E-state index contributed by atoms with van der Waals surface area (Å²) < 4.78 is 20.1. The highest BCUT2D eigenvalue weighted by atomic mass is 79.9. The van der Waals surface area contributed by atoms with Crippen LogP contribution in [-0.4, -0.2) is 26.8 Å². The van der Waals surface area contributed by atoms with E-state index < -0.39 is 6.29 Å². The molecule has 0 bridgehead atoms. The smallest absolute Gasteiger partial charge is 0.199 e. The minimum absolute atomic E-state index is 0.299. The van der Waals surface area contributed by atoms with E-state index in [9.17, 15) is 9.50 Å². The fourth-order valence-electron chi connectivity index (χ4n) is 1.96. The molecule has 0 aliphatic carbocycles. The summed E-state index contributed by atoms with van der Waals surface area (Å²) in [5.74, 6) is -0.299. The van der Waals surface area contributed by atoms with E-state index in [2.05, 4.69) is 26.0 Å². The Bertz CT molecular complexity index is 789. The van der Waals surface area contributed by atoms with Crippen molar-refractivity contribution < 1.29 is 14.2 Å². The fraction of sp³-hybridized carbons (Fsp3) is 0.143. The van der Waals surface area contributed by atoms with Gasteiger partial charge in [-0.15, -0.1) is 0 Å². The van der Waals surface area contributed by atoms with Crippen LogP contribution in [0, 0.1) is 5.82 Å². The number of imidazole rings is 1. The highest BCUT2D eigenvalue weighted by Crippen LogP contribution is 2.25. The largest absolute Gasteiger partial charge is 0.363 e. The van der Waals surface area contributed by atoms with Gasteiger partial charge in [-0.05, 0) is 46.3 Å². The highest BCUT2D eigenvalue weighted by Gasteiger charge is 2.14. The summed E-state index contributed by atoms with van der Waals surface area (Å²) >= 11 is 3.42. The number of aliphatic hydroxyl groups excluding tert-OH is 1. The predicted molar refractivity (Wildman–Crippen MR) is 78.0 cm³/mol. The van der Waals surface area contributed by atoms with Crippen molar-refractivity contribution in [1.29, 1.82) is 0 Å². The Balaban J connectivity index is 2.11. The van der Waals surface area contributed by atoms with Crippen LogP contribution in [0.4, 0.5) is 4.39 Å². The number of rotatable bonds is 3. The third kappa shape index (κ3) is 2.67. The van der Waals surface area contributed by atoms with Crippen molar-refractivity contribution >= 4 is 21.6 Å². The van der Waals surface area contributed by atoms with Crippen molar-refractivity contribution in [1.82, 2.24) is 14.6 Å². The lowest BCUT2D eigenvalue weighted by Gasteiger charge is -2.03. The van der Waals surface area contributed by atoms with Crippen molar-refractivity contribution in [2.24, 2.45) is 0 Å². The van der Waals surface area contributed by atoms with Crippen molar-refractivity contribution in [2.75, 3.05) is 7.11 Å². The number of nitrogens with zero attached hydrogens (tertiary/aromatic N) is 3. The zero-order valence-electron chi connectivity index (χ0n) is 11.0. The number of ether oxygens (including phenoxy) is 1. The van der Waals surface area contributed by atoms with Gasteiger partial charge in [0.25, 0.3) is 0 Å². The van der Waals surface area contributed by atoms with Crippen LogP contribution in [0.5, 0.6) is 0 Å². The number of benzene rings is 1. The maximum Gasteiger partial charge on any atom is 0.199 e. The molecule has 3 rings (SSSR count). The monoisotopic (exact) mass is 351 g/mol. The topological polar surface area (TPSA) is 59.7 Å². The quantitative estimate of drug-likeness (QED) is 0.737. The van der Waals surface area contributed by atoms with Gasteiger partial charge in [0.1, 0.15) is 11.5 Å². The van der Waals surface area contributed by atoms with E-state index in [4.69, 9.17) is 4.74 Å². The van der Waals surface area contributed by atoms with Crippen LogP contribution in [0.1, 0.15) is 12.0 Å². The molecule has 5 nitrogen and oxygen atoms in total. The molecule has 2 heterocycles. The average Bonchev–Trinajstić information content (AvgIpc) is 2.92. The first-order chi connectivity index (χ1) is 10.1. The van der Waals surface area contributed by atoms with E-state index in [1.165, 1.54) is 19.2 Å². The van der Waals surface area contributed by atoms with Gasteiger partial charge < -0.3 is 9.84 Å². The second-order valence-corrected chi connectivity index (χ2v) is 5.26. The Morgan fingerprint density at radius 1 is 1.33 bits per heavy atom. The number of fused-ring (bicyclic) bond motifs is 1. The molecule has 0 fully saturated rings. The molecule has 0 saturated carbocycles. The van der Waals surface area contributed by atoms with Crippen LogP contribution >= 0.6 is 15.9 Å². The molecule has 108 valence electrons. The molecule has 1 aromatic carbocycles. The van der Waals surface area contributed by atoms with Gasteiger partial charge in [0.15, 0.2) is 11.9 Å². The predicted octanol–water partition coefficient (Wildman–Crippen LogP) is 2.94. The van der Waals surface area contributed by atoms with E-state index in [-0.39, 0.29) is 5.82 Å². The Kier molecular flexibility index (Phi) is 3.71. The second-order valence-electron chi connectivity index (χ2n) is 4.41. The summed E-state index contributed by atoms with van der Waals surface area (Å²) in [5, 5.41) is 14.1. The lowest BCUT2D eigenvalue weighted by molar-refractivity contribution is -0.0795. The molecular formula is C14H11BrFN3O2. The number of hydrogen-bond donors (Lipinski definition) is 1. The Labute approximate surface area is 128 Å². The van der Waals surface area contributed by atoms with E-state index in [1.807, 2.05) is 0 Å². The lowest BCUT2D eigenvalue weighted by Crippen LogP contribution is -1.99. The fourth-order valence-corrected chi connectivity index (χ4v) is 2.45. The van der Waals surface area contributed by atoms with Gasteiger partial charge in [0.2, 0.25) is 0 Å². The third-order valence-electron chi connectivity index (χ3n) is 3.02. The molecule has 0 spiro atoms. The molecule has 0 radical (unpaired) electrons. The van der Waals surface area contributed by atoms with Crippen molar-refractivity contribution in [3.05, 3.63) is 52.5 Å². The molecule has 1 atom stereocenters. The second kappa shape index (κ2) is 5.51. The van der Waals surface area contributed by atoms with Gasteiger partial charge in [-0.25, -0.2) is 13.9 Å². The number of aliphatic hydroxyl groups is 1. The summed E-state index contributed by atoms with van der Waals surface area (Å²) in [6.07, 6.45) is 0.481. The van der Waals surface area contributed by atoms with Gasteiger partial charge in [-0.1, -0.05) is 0 Å². The minimum atomic E-state index is -1.10. The summed E-state index contributed by atoms with van der Waals surface area (Å²) in [5.41, 5.74) is 2.36. The first-order valence-corrected chi connectivity index (χ1v) is 6.90. The number of hydrogen-bond acceptors (Lipinski definition) is 4. The van der Waals surface area contributed by atoms with Crippen LogP contribution in [0.15, 0.2) is 41.0 Å². The third-order valence-corrected chi connectivity index (χ3v) is 3.60. The molecule has 7 heteroatoms. The van der Waals surface area contributed by atoms with Gasteiger partial charge in [-0.2, -0.15) is 5.10 Å². The molecule has 21 heavy (non-hydrogen) atoms. The van der Waals surface area contributed by atoms with E-state index >= 15 is 0 Å². The summed E-state index contributed by atoms with van der Waals surface area (Å²) in [4.78, 5) is 4.25. The molecule has 0 aliphatic heterocycles. The number of aromatic nitrogens is 3. The zero-order valence-corrected chi connectivity index (χ0v) is 12.6. The highest BCUT2D eigenvalue weighted by molar-refractivity contribution is 9.10. The minimum Gasteiger partial charge on any atom is -0.363 e. The maximum absolute atomic E-state index is 13.0. The van der Waals surface area contributed by atoms with Crippen LogP contribution in [-0.2, 0) is 4.74 Å². The molecule has 0 amide bonds. The Morgan fingerprint density at radius 3 is 2.71 bits per heavy atom. The zero-order chi connectivity index (χ0) is 15.0. The molecule has 2 aromatic heterocycles. The summed E-state index contributed by atoms with van der Waals surface area (Å²) in [6.45, 7) is 0. The Hall–Kier alpha value is -1.83. The van der Waals surface area contributed by atoms with E-state index in [0.29, 0.717) is 21.5 Å². The van der Waals surface area contributed by atoms with Crippen molar-refractivity contribution in [3.63, 3.8) is 0 Å². The first kappa shape index (κ1) is 14.1. The van der Waals surface area contributed by atoms with Crippen LogP contribution in [0.3, 0.4) is 0 Å². The number of methoxy groups -OCH3 is 1. The van der Waals surface area contributed by atoms with Crippen LogP contribution < -0.4 is 0 Å². The molecule has 0 saturated heterocycles. The van der Waals surface area contributed by atoms with E-state index in [0.717, 1.165) is 5.56 Å². The van der Waals surface area contributed by atoms with Gasteiger partial charge in [0, 0.05) is 12.7 Å². The van der Waals surface area contributed by atoms with Gasteiger partial charge in [-0.3, -0.25) is 0 Å². The van der Waals surface area contributed by atoms with Gasteiger partial charge >= 0.3 is 0 Å². The molecule has 1 N–H and O–H groups in total. The maximum atomic E-state index is 13.0. The molecular weight excluding hydrogens is 341 g/mol. The molecule has 1 unspecified atom stereocenters.